The number of halogens is 1. The van der Waals surface area contributed by atoms with Gasteiger partial charge in [-0.15, -0.1) is 0 Å². The highest BCUT2D eigenvalue weighted by atomic mass is 79.9. The first kappa shape index (κ1) is 21.4. The van der Waals surface area contributed by atoms with Crippen LogP contribution in [0.15, 0.2) is 46.4 Å². The highest BCUT2D eigenvalue weighted by Crippen LogP contribution is 2.36. The number of hydrogen-bond acceptors (Lipinski definition) is 7. The highest BCUT2D eigenvalue weighted by molar-refractivity contribution is 9.10. The minimum Gasteiger partial charge on any atom is -0.496 e. The van der Waals surface area contributed by atoms with Crippen molar-refractivity contribution in [3.8, 4) is 11.5 Å². The summed E-state index contributed by atoms with van der Waals surface area (Å²) >= 11 is 8.49. The van der Waals surface area contributed by atoms with E-state index < -0.39 is 16.7 Å². The number of nitrogens with zero attached hydrogens (tertiary/aromatic N) is 2. The molecule has 0 radical (unpaired) electrons. The van der Waals surface area contributed by atoms with Crippen LogP contribution in [-0.4, -0.2) is 36.1 Å². The van der Waals surface area contributed by atoms with E-state index in [1.165, 1.54) is 32.4 Å². The molecule has 0 saturated carbocycles. The smallest absolute Gasteiger partial charge is 0.311 e. The number of methoxy groups -OCH3 is 2. The Morgan fingerprint density at radius 2 is 1.87 bits per heavy atom. The Hall–Kier alpha value is -3.31. The third-order valence-corrected chi connectivity index (χ3v) is 4.97. The number of rotatable bonds is 5. The number of nitrogens with one attached hydrogen (secondary N) is 1. The first-order valence-electron chi connectivity index (χ1n) is 8.34. The van der Waals surface area contributed by atoms with E-state index in [4.69, 9.17) is 21.7 Å². The van der Waals surface area contributed by atoms with Crippen LogP contribution in [-0.2, 0) is 9.59 Å². The van der Waals surface area contributed by atoms with Crippen molar-refractivity contribution >= 4 is 62.5 Å². The second-order valence-electron chi connectivity index (χ2n) is 5.96. The molecule has 0 unspecified atom stereocenters. The number of hydrogen-bond donors (Lipinski definition) is 1. The van der Waals surface area contributed by atoms with Gasteiger partial charge in [-0.25, -0.2) is 0 Å². The maximum absolute atomic E-state index is 13.1. The van der Waals surface area contributed by atoms with Gasteiger partial charge in [-0.1, -0.05) is 22.0 Å². The van der Waals surface area contributed by atoms with E-state index in [1.807, 2.05) is 0 Å². The van der Waals surface area contributed by atoms with E-state index in [0.717, 1.165) is 4.90 Å². The van der Waals surface area contributed by atoms with Crippen molar-refractivity contribution in [3.05, 3.63) is 62.1 Å². The van der Waals surface area contributed by atoms with Gasteiger partial charge in [-0.2, -0.15) is 0 Å². The van der Waals surface area contributed by atoms with Gasteiger partial charge in [-0.05, 0) is 36.5 Å². The molecule has 2 amide bonds. The van der Waals surface area contributed by atoms with Crippen LogP contribution in [0.3, 0.4) is 0 Å². The summed E-state index contributed by atoms with van der Waals surface area (Å²) < 4.78 is 11.0. The predicted octanol–water partition coefficient (Wildman–Crippen LogP) is 3.21. The average Bonchev–Trinajstić information content (AvgIpc) is 2.70. The summed E-state index contributed by atoms with van der Waals surface area (Å²) in [5.41, 5.74) is -0.00186. The van der Waals surface area contributed by atoms with Crippen molar-refractivity contribution < 1.29 is 24.0 Å². The Balaban J connectivity index is 2.13. The topological polar surface area (TPSA) is 111 Å². The zero-order valence-electron chi connectivity index (χ0n) is 15.7. The summed E-state index contributed by atoms with van der Waals surface area (Å²) in [6.07, 6.45) is 1.22. The maximum atomic E-state index is 13.1. The van der Waals surface area contributed by atoms with Gasteiger partial charge in [0.05, 0.1) is 24.8 Å². The van der Waals surface area contributed by atoms with E-state index in [9.17, 15) is 19.7 Å². The third-order valence-electron chi connectivity index (χ3n) is 4.20. The Kier molecular flexibility index (Phi) is 6.13. The summed E-state index contributed by atoms with van der Waals surface area (Å²) in [4.78, 5) is 37.5. The summed E-state index contributed by atoms with van der Waals surface area (Å²) in [6.45, 7) is 0. The minimum absolute atomic E-state index is 0.0182. The molecule has 1 heterocycles. The van der Waals surface area contributed by atoms with Gasteiger partial charge < -0.3 is 9.47 Å². The van der Waals surface area contributed by atoms with Crippen molar-refractivity contribution in [2.75, 3.05) is 19.1 Å². The average molecular weight is 492 g/mol. The molecule has 0 aliphatic carbocycles. The molecule has 3 rings (SSSR count). The van der Waals surface area contributed by atoms with E-state index in [1.54, 1.807) is 24.3 Å². The van der Waals surface area contributed by atoms with Gasteiger partial charge in [0.15, 0.2) is 5.11 Å². The number of anilines is 1. The lowest BCUT2D eigenvalue weighted by Crippen LogP contribution is -2.54. The predicted molar refractivity (Wildman–Crippen MR) is 117 cm³/mol. The zero-order valence-corrected chi connectivity index (χ0v) is 18.1. The van der Waals surface area contributed by atoms with Crippen LogP contribution >= 0.6 is 28.1 Å². The fourth-order valence-corrected chi connectivity index (χ4v) is 3.49. The van der Waals surface area contributed by atoms with Gasteiger partial charge in [0.25, 0.3) is 11.8 Å². The van der Waals surface area contributed by atoms with E-state index in [0.29, 0.717) is 10.2 Å². The molecule has 0 bridgehead atoms. The normalized spacial score (nSPS) is 15.2. The largest absolute Gasteiger partial charge is 0.496 e. The zero-order chi connectivity index (χ0) is 22.0. The van der Waals surface area contributed by atoms with Crippen molar-refractivity contribution in [1.82, 2.24) is 5.32 Å². The van der Waals surface area contributed by atoms with Gasteiger partial charge in [0.2, 0.25) is 5.75 Å². The first-order chi connectivity index (χ1) is 14.3. The first-order valence-corrected chi connectivity index (χ1v) is 9.54. The Labute approximate surface area is 184 Å². The summed E-state index contributed by atoms with van der Waals surface area (Å²) in [5.74, 6) is -1.23. The van der Waals surface area contributed by atoms with Crippen LogP contribution < -0.4 is 19.7 Å². The highest BCUT2D eigenvalue weighted by Gasteiger charge is 2.35. The molecule has 1 N–H and O–H groups in total. The molecule has 154 valence electrons. The van der Waals surface area contributed by atoms with Crippen molar-refractivity contribution in [2.24, 2.45) is 0 Å². The van der Waals surface area contributed by atoms with Gasteiger partial charge in [0, 0.05) is 22.2 Å². The molecular formula is C19H14BrN3O6S. The van der Waals surface area contributed by atoms with Crippen molar-refractivity contribution in [2.45, 2.75) is 0 Å². The standard InChI is InChI=1S/C19H14BrN3O6S/c1-28-15-9-16(29-2)14(23(26)27)7-10(15)6-13-17(24)21-19(30)22(18(13)25)12-5-3-4-11(20)8-12/h3-9H,1-2H3,(H,21,24,30)/b13-6-. The molecule has 1 aliphatic heterocycles. The molecule has 30 heavy (non-hydrogen) atoms. The number of amides is 2. The lowest BCUT2D eigenvalue weighted by atomic mass is 10.0. The van der Waals surface area contributed by atoms with Crippen LogP contribution in [0.1, 0.15) is 5.56 Å². The molecule has 2 aromatic carbocycles. The van der Waals surface area contributed by atoms with Crippen LogP contribution in [0, 0.1) is 10.1 Å². The van der Waals surface area contributed by atoms with Gasteiger partial charge in [-0.3, -0.25) is 29.9 Å². The second-order valence-corrected chi connectivity index (χ2v) is 7.26. The Bertz CT molecular complexity index is 1120. The van der Waals surface area contributed by atoms with Crippen molar-refractivity contribution in [1.29, 1.82) is 0 Å². The molecule has 11 heteroatoms. The molecule has 1 aliphatic rings. The molecule has 9 nitrogen and oxygen atoms in total. The van der Waals surface area contributed by atoms with Gasteiger partial charge >= 0.3 is 5.69 Å². The molecule has 0 spiro atoms. The number of nitro groups is 1. The fourth-order valence-electron chi connectivity index (χ4n) is 2.82. The molecular weight excluding hydrogens is 478 g/mol. The number of carbonyl (C=O) groups excluding carboxylic acids is 2. The number of ether oxygens (including phenoxy) is 2. The summed E-state index contributed by atoms with van der Waals surface area (Å²) in [5, 5.41) is 13.7. The number of carbonyl (C=O) groups is 2. The second kappa shape index (κ2) is 8.59. The summed E-state index contributed by atoms with van der Waals surface area (Å²) in [7, 11) is 2.64. The van der Waals surface area contributed by atoms with Crippen molar-refractivity contribution in [3.63, 3.8) is 0 Å². The lowest BCUT2D eigenvalue weighted by molar-refractivity contribution is -0.385. The Morgan fingerprint density at radius 3 is 2.47 bits per heavy atom. The van der Waals surface area contributed by atoms with Crippen LogP contribution in [0.2, 0.25) is 0 Å². The van der Waals surface area contributed by atoms with Crippen LogP contribution in [0.4, 0.5) is 11.4 Å². The quantitative estimate of drug-likeness (QED) is 0.224. The van der Waals surface area contributed by atoms with Gasteiger partial charge in [0.1, 0.15) is 11.3 Å². The third kappa shape index (κ3) is 4.02. The number of thiocarbonyl (C=S) groups is 1. The molecule has 1 saturated heterocycles. The number of benzene rings is 2. The minimum atomic E-state index is -0.725. The summed E-state index contributed by atoms with van der Waals surface area (Å²) in [6, 6.07) is 9.29. The lowest BCUT2D eigenvalue weighted by Gasteiger charge is -2.29. The SMILES string of the molecule is COc1cc(OC)c([N+](=O)[O-])cc1/C=C1/C(=O)NC(=S)N(c2cccc(Br)c2)C1=O. The fraction of sp³-hybridized carbons (Fsp3) is 0.105. The monoisotopic (exact) mass is 491 g/mol. The number of nitro benzene ring substituents is 1. The Morgan fingerprint density at radius 1 is 1.17 bits per heavy atom. The van der Waals surface area contributed by atoms with Crippen LogP contribution in [0.5, 0.6) is 11.5 Å². The van der Waals surface area contributed by atoms with Crippen LogP contribution in [0.25, 0.3) is 6.08 Å². The molecule has 1 fully saturated rings. The maximum Gasteiger partial charge on any atom is 0.311 e. The molecule has 0 atom stereocenters. The van der Waals surface area contributed by atoms with E-state index in [2.05, 4.69) is 21.2 Å². The van der Waals surface area contributed by atoms with E-state index >= 15 is 0 Å². The molecule has 2 aromatic rings. The molecule has 0 aromatic heterocycles. The van der Waals surface area contributed by atoms with E-state index in [-0.39, 0.29) is 33.4 Å².